The highest BCUT2D eigenvalue weighted by molar-refractivity contribution is 5.94. The van der Waals surface area contributed by atoms with E-state index in [1.807, 2.05) is 0 Å². The smallest absolute Gasteiger partial charge is 0.0726 e. The van der Waals surface area contributed by atoms with E-state index in [4.69, 9.17) is 4.98 Å². The monoisotopic (exact) mass is 492 g/mol. The molecular formula is C32H45ClN2. The molecule has 3 aromatic rings. The molecule has 190 valence electrons. The second kappa shape index (κ2) is 15.1. The number of hydrogen-bond donors (Lipinski definition) is 1. The fourth-order valence-electron chi connectivity index (χ4n) is 5.43. The number of rotatable bonds is 14. The van der Waals surface area contributed by atoms with Crippen LogP contribution >= 0.6 is 12.4 Å². The summed E-state index contributed by atoms with van der Waals surface area (Å²) in [5.41, 5.74) is 8.07. The normalized spacial score (nSPS) is 12.8. The molecule has 0 radical (unpaired) electrons. The summed E-state index contributed by atoms with van der Waals surface area (Å²) in [6, 6.07) is 17.8. The SMILES string of the molecule is CCCCCCCCCCCCc1ccc2nc3c(c(NCc4ccccc4)c2c1)CCCC3.Cl. The maximum absolute atomic E-state index is 5.09. The van der Waals surface area contributed by atoms with Crippen molar-refractivity contribution in [2.75, 3.05) is 5.32 Å². The molecule has 1 aliphatic carbocycles. The quantitative estimate of drug-likeness (QED) is 0.226. The summed E-state index contributed by atoms with van der Waals surface area (Å²) in [5, 5.41) is 5.15. The topological polar surface area (TPSA) is 24.9 Å². The van der Waals surface area contributed by atoms with Crippen LogP contribution in [0.4, 0.5) is 5.69 Å². The highest BCUT2D eigenvalue weighted by Crippen LogP contribution is 2.34. The van der Waals surface area contributed by atoms with Crippen molar-refractivity contribution in [2.45, 2.75) is 110 Å². The van der Waals surface area contributed by atoms with Gasteiger partial charge in [0.15, 0.2) is 0 Å². The molecule has 1 aromatic heterocycles. The highest BCUT2D eigenvalue weighted by Gasteiger charge is 2.18. The summed E-state index contributed by atoms with van der Waals surface area (Å²) in [6.07, 6.45) is 19.9. The van der Waals surface area contributed by atoms with Gasteiger partial charge in [0, 0.05) is 23.3 Å². The van der Waals surface area contributed by atoms with Gasteiger partial charge in [-0.15, -0.1) is 12.4 Å². The lowest BCUT2D eigenvalue weighted by Gasteiger charge is -2.22. The molecule has 0 amide bonds. The van der Waals surface area contributed by atoms with Crippen molar-refractivity contribution in [1.82, 2.24) is 4.98 Å². The summed E-state index contributed by atoms with van der Waals surface area (Å²) in [6.45, 7) is 3.16. The van der Waals surface area contributed by atoms with Gasteiger partial charge in [-0.3, -0.25) is 4.98 Å². The minimum Gasteiger partial charge on any atom is -0.380 e. The summed E-state index contributed by atoms with van der Waals surface area (Å²) >= 11 is 0. The van der Waals surface area contributed by atoms with Crippen molar-refractivity contribution in [2.24, 2.45) is 0 Å². The van der Waals surface area contributed by atoms with Gasteiger partial charge in [0.2, 0.25) is 0 Å². The van der Waals surface area contributed by atoms with Crippen LogP contribution < -0.4 is 5.32 Å². The van der Waals surface area contributed by atoms with E-state index in [0.29, 0.717) is 0 Å². The number of aryl methyl sites for hydroxylation is 2. The van der Waals surface area contributed by atoms with Crippen LogP contribution in [0, 0.1) is 0 Å². The molecule has 0 aliphatic heterocycles. The third kappa shape index (κ3) is 8.24. The lowest BCUT2D eigenvalue weighted by molar-refractivity contribution is 0.556. The predicted octanol–water partition coefficient (Wildman–Crippen LogP) is 9.61. The molecule has 1 aliphatic rings. The van der Waals surface area contributed by atoms with E-state index in [9.17, 15) is 0 Å². The average molecular weight is 493 g/mol. The summed E-state index contributed by atoms with van der Waals surface area (Å²) in [4.78, 5) is 5.09. The lowest BCUT2D eigenvalue weighted by atomic mass is 9.92. The van der Waals surface area contributed by atoms with E-state index in [1.54, 1.807) is 0 Å². The second-order valence-electron chi connectivity index (χ2n) is 10.2. The first kappa shape index (κ1) is 27.5. The largest absolute Gasteiger partial charge is 0.380 e. The Bertz CT molecular complexity index is 1010. The van der Waals surface area contributed by atoms with E-state index in [0.717, 1.165) is 24.9 Å². The molecule has 0 saturated heterocycles. The highest BCUT2D eigenvalue weighted by atomic mass is 35.5. The van der Waals surface area contributed by atoms with Gasteiger partial charge in [0.1, 0.15) is 0 Å². The third-order valence-corrected chi connectivity index (χ3v) is 7.46. The Labute approximate surface area is 219 Å². The van der Waals surface area contributed by atoms with Gasteiger partial charge in [-0.05, 0) is 67.3 Å². The van der Waals surface area contributed by atoms with Gasteiger partial charge >= 0.3 is 0 Å². The fourth-order valence-corrected chi connectivity index (χ4v) is 5.43. The minimum atomic E-state index is 0. The van der Waals surface area contributed by atoms with Crippen molar-refractivity contribution in [3.8, 4) is 0 Å². The van der Waals surface area contributed by atoms with E-state index in [-0.39, 0.29) is 12.4 Å². The first-order valence-corrected chi connectivity index (χ1v) is 14.1. The van der Waals surface area contributed by atoms with E-state index >= 15 is 0 Å². The van der Waals surface area contributed by atoms with Crippen LogP contribution in [-0.2, 0) is 25.8 Å². The molecule has 4 rings (SSSR count). The molecule has 1 N–H and O–H groups in total. The number of pyridine rings is 1. The molecule has 3 heteroatoms. The Balaban J connectivity index is 0.00000342. The number of halogens is 1. The van der Waals surface area contributed by atoms with Crippen molar-refractivity contribution < 1.29 is 0 Å². The zero-order valence-corrected chi connectivity index (χ0v) is 22.6. The van der Waals surface area contributed by atoms with Crippen LogP contribution in [0.3, 0.4) is 0 Å². The first-order valence-electron chi connectivity index (χ1n) is 14.1. The van der Waals surface area contributed by atoms with Crippen molar-refractivity contribution in [3.05, 3.63) is 70.9 Å². The van der Waals surface area contributed by atoms with Crippen LogP contribution in [-0.4, -0.2) is 4.98 Å². The molecule has 0 unspecified atom stereocenters. The minimum absolute atomic E-state index is 0. The molecule has 0 fully saturated rings. The Morgan fingerprint density at radius 3 is 2.17 bits per heavy atom. The molecule has 0 atom stereocenters. The van der Waals surface area contributed by atoms with Crippen LogP contribution in [0.5, 0.6) is 0 Å². The summed E-state index contributed by atoms with van der Waals surface area (Å²) in [5.74, 6) is 0. The Morgan fingerprint density at radius 1 is 0.743 bits per heavy atom. The Morgan fingerprint density at radius 2 is 1.43 bits per heavy atom. The third-order valence-electron chi connectivity index (χ3n) is 7.46. The number of nitrogens with one attached hydrogen (secondary N) is 1. The van der Waals surface area contributed by atoms with Crippen molar-refractivity contribution >= 4 is 29.0 Å². The number of nitrogens with zero attached hydrogens (tertiary/aromatic N) is 1. The summed E-state index contributed by atoms with van der Waals surface area (Å²) < 4.78 is 0. The van der Waals surface area contributed by atoms with Crippen LogP contribution in [0.2, 0.25) is 0 Å². The fraction of sp³-hybridized carbons (Fsp3) is 0.531. The molecule has 1 heterocycles. The predicted molar refractivity (Wildman–Crippen MR) is 155 cm³/mol. The molecule has 0 spiro atoms. The van der Waals surface area contributed by atoms with Gasteiger partial charge in [0.25, 0.3) is 0 Å². The maximum atomic E-state index is 5.09. The number of benzene rings is 2. The molecule has 0 saturated carbocycles. The average Bonchev–Trinajstić information content (AvgIpc) is 2.88. The zero-order chi connectivity index (χ0) is 23.4. The lowest BCUT2D eigenvalue weighted by Crippen LogP contribution is -2.11. The molecule has 2 nitrogen and oxygen atoms in total. The van der Waals surface area contributed by atoms with Crippen molar-refractivity contribution in [1.29, 1.82) is 0 Å². The van der Waals surface area contributed by atoms with Crippen LogP contribution in [0.15, 0.2) is 48.5 Å². The van der Waals surface area contributed by atoms with Crippen LogP contribution in [0.25, 0.3) is 10.9 Å². The Hall–Kier alpha value is -2.06. The van der Waals surface area contributed by atoms with Gasteiger partial charge in [-0.25, -0.2) is 0 Å². The first-order chi connectivity index (χ1) is 16.8. The van der Waals surface area contributed by atoms with Gasteiger partial charge in [-0.1, -0.05) is 101 Å². The summed E-state index contributed by atoms with van der Waals surface area (Å²) in [7, 11) is 0. The molecule has 35 heavy (non-hydrogen) atoms. The molecule has 2 aromatic carbocycles. The number of unbranched alkanes of at least 4 members (excludes halogenated alkanes) is 9. The van der Waals surface area contributed by atoms with Crippen molar-refractivity contribution in [3.63, 3.8) is 0 Å². The second-order valence-corrected chi connectivity index (χ2v) is 10.2. The zero-order valence-electron chi connectivity index (χ0n) is 21.8. The van der Waals surface area contributed by atoms with E-state index in [2.05, 4.69) is 60.8 Å². The van der Waals surface area contributed by atoms with Crippen LogP contribution in [0.1, 0.15) is 106 Å². The molecule has 0 bridgehead atoms. The van der Waals surface area contributed by atoms with Gasteiger partial charge in [0.05, 0.1) is 5.52 Å². The maximum Gasteiger partial charge on any atom is 0.0726 e. The van der Waals surface area contributed by atoms with E-state index < -0.39 is 0 Å². The Kier molecular flexibility index (Phi) is 11.9. The number of anilines is 1. The number of aromatic nitrogens is 1. The van der Waals surface area contributed by atoms with Gasteiger partial charge < -0.3 is 5.32 Å². The standard InChI is InChI=1S/C32H44N2.ClH/c1-2-3-4-5-6-7-8-9-10-12-17-26-22-23-31-29(24-26)32(28-20-15-16-21-30(28)34-31)33-25-27-18-13-11-14-19-27;/h11,13-14,18-19,22-24H,2-10,12,15-17,20-21,25H2,1H3,(H,33,34);1H. The van der Waals surface area contributed by atoms with Gasteiger partial charge in [-0.2, -0.15) is 0 Å². The number of hydrogen-bond acceptors (Lipinski definition) is 2. The molecular weight excluding hydrogens is 448 g/mol. The van der Waals surface area contributed by atoms with E-state index in [1.165, 1.54) is 117 Å². The number of fused-ring (bicyclic) bond motifs is 2.